The molecule has 1 aliphatic carbocycles. The minimum atomic E-state index is -0.0382. The molecule has 1 heterocycles. The molecule has 0 unspecified atom stereocenters. The van der Waals surface area contributed by atoms with Crippen LogP contribution in [0.5, 0.6) is 0 Å². The molecule has 1 saturated carbocycles. The van der Waals surface area contributed by atoms with Gasteiger partial charge in [0.2, 0.25) is 0 Å². The van der Waals surface area contributed by atoms with Gasteiger partial charge >= 0.3 is 0 Å². The van der Waals surface area contributed by atoms with Crippen LogP contribution in [0.15, 0.2) is 15.5 Å². The molecular formula is C15H24BrN3O. The Morgan fingerprint density at radius 3 is 2.75 bits per heavy atom. The van der Waals surface area contributed by atoms with Gasteiger partial charge in [-0.3, -0.25) is 4.79 Å². The van der Waals surface area contributed by atoms with Crippen LogP contribution in [0.2, 0.25) is 0 Å². The van der Waals surface area contributed by atoms with Crippen LogP contribution < -0.4 is 10.9 Å². The van der Waals surface area contributed by atoms with E-state index in [-0.39, 0.29) is 5.56 Å². The second-order valence-corrected chi connectivity index (χ2v) is 6.65. The largest absolute Gasteiger partial charge is 0.382 e. The Kier molecular flexibility index (Phi) is 5.24. The zero-order valence-corrected chi connectivity index (χ0v) is 14.0. The molecule has 0 aromatic carbocycles. The van der Waals surface area contributed by atoms with Crippen molar-refractivity contribution < 1.29 is 0 Å². The van der Waals surface area contributed by atoms with Crippen molar-refractivity contribution in [3.8, 4) is 0 Å². The fraction of sp³-hybridized carbons (Fsp3) is 0.733. The van der Waals surface area contributed by atoms with Crippen molar-refractivity contribution in [3.63, 3.8) is 0 Å². The normalized spacial score (nSPS) is 16.1. The second kappa shape index (κ2) is 6.74. The maximum absolute atomic E-state index is 12.2. The van der Waals surface area contributed by atoms with E-state index in [0.717, 1.165) is 25.1 Å². The Balaban J connectivity index is 2.02. The summed E-state index contributed by atoms with van der Waals surface area (Å²) in [5.74, 6) is 0. The zero-order chi connectivity index (χ0) is 14.6. The SMILES string of the molecule is CCCCn1ncc(NCC2(CCC)CC2)c(Br)c1=O. The van der Waals surface area contributed by atoms with Crippen LogP contribution in [-0.4, -0.2) is 16.3 Å². The van der Waals surface area contributed by atoms with E-state index in [4.69, 9.17) is 0 Å². The highest BCUT2D eigenvalue weighted by Crippen LogP contribution is 2.49. The number of nitrogens with one attached hydrogen (secondary N) is 1. The van der Waals surface area contributed by atoms with Gasteiger partial charge in [0.25, 0.3) is 5.56 Å². The van der Waals surface area contributed by atoms with Gasteiger partial charge in [-0.15, -0.1) is 0 Å². The summed E-state index contributed by atoms with van der Waals surface area (Å²) in [5, 5.41) is 7.66. The molecule has 5 heteroatoms. The average molecular weight is 342 g/mol. The Morgan fingerprint density at radius 2 is 2.15 bits per heavy atom. The molecule has 4 nitrogen and oxygen atoms in total. The average Bonchev–Trinajstić information content (AvgIpc) is 3.20. The third kappa shape index (κ3) is 3.62. The standard InChI is InChI=1S/C15H24BrN3O/c1-3-5-9-19-14(20)13(16)12(10-18-19)17-11-15(6-4-2)7-8-15/h10,17H,3-9,11H2,1-2H3. The first-order valence-corrected chi connectivity index (χ1v) is 8.40. The fourth-order valence-electron chi connectivity index (χ4n) is 2.56. The van der Waals surface area contributed by atoms with Gasteiger partial charge in [-0.25, -0.2) is 4.68 Å². The van der Waals surface area contributed by atoms with Gasteiger partial charge in [0.05, 0.1) is 11.9 Å². The number of halogens is 1. The summed E-state index contributed by atoms with van der Waals surface area (Å²) >= 11 is 3.41. The van der Waals surface area contributed by atoms with Crippen LogP contribution in [0.25, 0.3) is 0 Å². The summed E-state index contributed by atoms with van der Waals surface area (Å²) in [4.78, 5) is 12.2. The summed E-state index contributed by atoms with van der Waals surface area (Å²) in [5.41, 5.74) is 1.25. The van der Waals surface area contributed by atoms with Crippen molar-refractivity contribution in [2.75, 3.05) is 11.9 Å². The monoisotopic (exact) mass is 341 g/mol. The highest BCUT2D eigenvalue weighted by Gasteiger charge is 2.41. The predicted molar refractivity (Wildman–Crippen MR) is 86.2 cm³/mol. The van der Waals surface area contributed by atoms with E-state index in [1.54, 1.807) is 6.20 Å². The van der Waals surface area contributed by atoms with Gasteiger partial charge in [-0.2, -0.15) is 5.10 Å². The molecule has 0 bridgehead atoms. The molecule has 0 saturated heterocycles. The molecule has 1 aromatic heterocycles. The molecule has 112 valence electrons. The molecule has 0 amide bonds. The fourth-order valence-corrected chi connectivity index (χ4v) is 3.01. The summed E-state index contributed by atoms with van der Waals surface area (Å²) in [7, 11) is 0. The quantitative estimate of drug-likeness (QED) is 0.782. The van der Waals surface area contributed by atoms with Crippen LogP contribution >= 0.6 is 15.9 Å². The van der Waals surface area contributed by atoms with Crippen LogP contribution in [0.4, 0.5) is 5.69 Å². The molecule has 0 aliphatic heterocycles. The molecule has 0 spiro atoms. The summed E-state index contributed by atoms with van der Waals surface area (Å²) in [6.07, 6.45) is 8.89. The predicted octanol–water partition coefficient (Wildman–Crippen LogP) is 3.80. The van der Waals surface area contributed by atoms with E-state index in [1.807, 2.05) is 0 Å². The first kappa shape index (κ1) is 15.5. The van der Waals surface area contributed by atoms with Crippen molar-refractivity contribution in [2.24, 2.45) is 5.41 Å². The van der Waals surface area contributed by atoms with Crippen LogP contribution in [-0.2, 0) is 6.54 Å². The second-order valence-electron chi connectivity index (χ2n) is 5.86. The molecule has 0 atom stereocenters. The van der Waals surface area contributed by atoms with Gasteiger partial charge in [0.15, 0.2) is 0 Å². The molecule has 1 aliphatic rings. The number of anilines is 1. The molecule has 1 aromatic rings. The molecule has 2 rings (SSSR count). The van der Waals surface area contributed by atoms with Crippen molar-refractivity contribution in [1.29, 1.82) is 0 Å². The summed E-state index contributed by atoms with van der Waals surface area (Å²) in [6, 6.07) is 0. The molecule has 1 fully saturated rings. The van der Waals surface area contributed by atoms with Crippen molar-refractivity contribution >= 4 is 21.6 Å². The van der Waals surface area contributed by atoms with Crippen molar-refractivity contribution in [3.05, 3.63) is 21.0 Å². The van der Waals surface area contributed by atoms with Crippen LogP contribution in [0.1, 0.15) is 52.4 Å². The zero-order valence-electron chi connectivity index (χ0n) is 12.4. The number of rotatable bonds is 8. The maximum atomic E-state index is 12.2. The van der Waals surface area contributed by atoms with Gasteiger partial charge in [0, 0.05) is 13.1 Å². The van der Waals surface area contributed by atoms with Crippen LogP contribution in [0, 0.1) is 5.41 Å². The number of unbranched alkanes of at least 4 members (excludes halogenated alkanes) is 1. The highest BCUT2D eigenvalue weighted by atomic mass is 79.9. The third-order valence-corrected chi connectivity index (χ3v) is 4.87. The van der Waals surface area contributed by atoms with Crippen LogP contribution in [0.3, 0.4) is 0 Å². The lowest BCUT2D eigenvalue weighted by Gasteiger charge is -2.16. The smallest absolute Gasteiger partial charge is 0.283 e. The summed E-state index contributed by atoms with van der Waals surface area (Å²) in [6.45, 7) is 5.97. The Morgan fingerprint density at radius 1 is 1.40 bits per heavy atom. The van der Waals surface area contributed by atoms with E-state index < -0.39 is 0 Å². The molecular weight excluding hydrogens is 318 g/mol. The van der Waals surface area contributed by atoms with Gasteiger partial charge in [-0.1, -0.05) is 26.7 Å². The third-order valence-electron chi connectivity index (χ3n) is 4.10. The van der Waals surface area contributed by atoms with E-state index in [2.05, 4.69) is 40.2 Å². The Bertz CT molecular complexity index is 508. The van der Waals surface area contributed by atoms with E-state index in [1.165, 1.54) is 30.4 Å². The first-order chi connectivity index (χ1) is 9.62. The molecule has 0 radical (unpaired) electrons. The van der Waals surface area contributed by atoms with E-state index in [9.17, 15) is 4.79 Å². The Hall–Kier alpha value is -0.840. The summed E-state index contributed by atoms with van der Waals surface area (Å²) < 4.78 is 2.15. The van der Waals surface area contributed by atoms with Gasteiger partial charge in [-0.05, 0) is 47.0 Å². The van der Waals surface area contributed by atoms with Crippen molar-refractivity contribution in [2.45, 2.75) is 58.9 Å². The molecule has 1 N–H and O–H groups in total. The highest BCUT2D eigenvalue weighted by molar-refractivity contribution is 9.10. The van der Waals surface area contributed by atoms with E-state index >= 15 is 0 Å². The molecule has 20 heavy (non-hydrogen) atoms. The Labute approximate surface area is 129 Å². The first-order valence-electron chi connectivity index (χ1n) is 7.61. The van der Waals surface area contributed by atoms with Crippen molar-refractivity contribution in [1.82, 2.24) is 9.78 Å². The maximum Gasteiger partial charge on any atom is 0.283 e. The van der Waals surface area contributed by atoms with E-state index in [0.29, 0.717) is 16.4 Å². The minimum Gasteiger partial charge on any atom is -0.382 e. The number of nitrogens with zero attached hydrogens (tertiary/aromatic N) is 2. The topological polar surface area (TPSA) is 46.9 Å². The number of hydrogen-bond acceptors (Lipinski definition) is 3. The lowest BCUT2D eigenvalue weighted by atomic mass is 10.0. The number of aryl methyl sites for hydroxylation is 1. The number of aromatic nitrogens is 2. The number of hydrogen-bond donors (Lipinski definition) is 1. The van der Waals surface area contributed by atoms with Gasteiger partial charge in [0.1, 0.15) is 4.47 Å². The lowest BCUT2D eigenvalue weighted by molar-refractivity contribution is 0.485. The lowest BCUT2D eigenvalue weighted by Crippen LogP contribution is -2.25. The van der Waals surface area contributed by atoms with Gasteiger partial charge < -0.3 is 5.32 Å². The minimum absolute atomic E-state index is 0.0382.